The summed E-state index contributed by atoms with van der Waals surface area (Å²) in [6.45, 7) is 16.2. The molecule has 0 bridgehead atoms. The number of para-hydroxylation sites is 1. The van der Waals surface area contributed by atoms with Gasteiger partial charge in [0.05, 0.1) is 6.61 Å². The lowest BCUT2D eigenvalue weighted by atomic mass is 9.90. The predicted molar refractivity (Wildman–Crippen MR) is 125 cm³/mol. The van der Waals surface area contributed by atoms with E-state index in [9.17, 15) is 0 Å². The van der Waals surface area contributed by atoms with E-state index >= 15 is 0 Å². The van der Waals surface area contributed by atoms with Crippen LogP contribution in [0.3, 0.4) is 0 Å². The van der Waals surface area contributed by atoms with Gasteiger partial charge in [-0.1, -0.05) is 96.4 Å². The van der Waals surface area contributed by atoms with E-state index in [-0.39, 0.29) is 0 Å². The number of hydrogen-bond donors (Lipinski definition) is 0. The number of rotatable bonds is 10. The van der Waals surface area contributed by atoms with E-state index in [1.54, 1.807) is 0 Å². The third-order valence-electron chi connectivity index (χ3n) is 4.96. The van der Waals surface area contributed by atoms with Gasteiger partial charge in [-0.15, -0.1) is 0 Å². The molecule has 2 aromatic carbocycles. The minimum Gasteiger partial charge on any atom is -0.493 e. The third kappa shape index (κ3) is 9.26. The Morgan fingerprint density at radius 1 is 0.964 bits per heavy atom. The van der Waals surface area contributed by atoms with Crippen LogP contribution in [0.25, 0.3) is 5.57 Å². The average Bonchev–Trinajstić information content (AvgIpc) is 2.70. The highest BCUT2D eigenvalue weighted by molar-refractivity contribution is 5.67. The minimum absolute atomic E-state index is 0.700. The molecule has 0 amide bonds. The second kappa shape index (κ2) is 14.0. The molecule has 0 aliphatic heterocycles. The highest BCUT2D eigenvalue weighted by Crippen LogP contribution is 2.27. The first kappa shape index (κ1) is 24.0. The molecule has 0 saturated heterocycles. The van der Waals surface area contributed by atoms with E-state index in [2.05, 4.69) is 59.4 Å². The molecule has 0 N–H and O–H groups in total. The van der Waals surface area contributed by atoms with E-state index in [0.717, 1.165) is 18.6 Å². The van der Waals surface area contributed by atoms with Gasteiger partial charge < -0.3 is 4.74 Å². The van der Waals surface area contributed by atoms with E-state index in [4.69, 9.17) is 4.74 Å². The summed E-state index contributed by atoms with van der Waals surface area (Å²) in [6, 6.07) is 16.7. The molecule has 0 aliphatic carbocycles. The number of unbranched alkanes of at least 4 members (excludes halogenated alkanes) is 1. The molecule has 1 atom stereocenters. The molecule has 0 spiro atoms. The van der Waals surface area contributed by atoms with Crippen molar-refractivity contribution in [3.8, 4) is 5.75 Å². The molecule has 2 rings (SSSR count). The lowest BCUT2D eigenvalue weighted by Crippen LogP contribution is -2.03. The molecular weight excluding hydrogens is 340 g/mol. The Morgan fingerprint density at radius 2 is 1.64 bits per heavy atom. The Morgan fingerprint density at radius 3 is 2.25 bits per heavy atom. The van der Waals surface area contributed by atoms with Crippen molar-refractivity contribution in [2.75, 3.05) is 6.61 Å². The summed E-state index contributed by atoms with van der Waals surface area (Å²) in [7, 11) is 0. The zero-order valence-corrected chi connectivity index (χ0v) is 18.8. The van der Waals surface area contributed by atoms with Crippen LogP contribution in [0.4, 0.5) is 0 Å². The monoisotopic (exact) mass is 380 g/mol. The van der Waals surface area contributed by atoms with Crippen molar-refractivity contribution in [1.82, 2.24) is 0 Å². The van der Waals surface area contributed by atoms with Gasteiger partial charge in [0.25, 0.3) is 0 Å². The molecule has 1 heteroatoms. The van der Waals surface area contributed by atoms with Gasteiger partial charge in [0.15, 0.2) is 0 Å². The van der Waals surface area contributed by atoms with Crippen molar-refractivity contribution in [1.29, 1.82) is 0 Å². The summed E-state index contributed by atoms with van der Waals surface area (Å²) in [6.07, 6.45) is 7.14. The summed E-state index contributed by atoms with van der Waals surface area (Å²) >= 11 is 0. The maximum Gasteiger partial charge on any atom is 0.119 e. The van der Waals surface area contributed by atoms with Crippen molar-refractivity contribution in [3.05, 3.63) is 71.8 Å². The van der Waals surface area contributed by atoms with E-state index in [1.165, 1.54) is 47.9 Å². The van der Waals surface area contributed by atoms with Crippen LogP contribution in [-0.2, 0) is 6.42 Å². The highest BCUT2D eigenvalue weighted by atomic mass is 16.5. The molecule has 1 nitrogen and oxygen atoms in total. The topological polar surface area (TPSA) is 9.23 Å². The first-order chi connectivity index (χ1) is 13.5. The molecule has 1 unspecified atom stereocenters. The Balaban J connectivity index is 0.000000892. The van der Waals surface area contributed by atoms with Crippen LogP contribution in [-0.4, -0.2) is 6.61 Å². The van der Waals surface area contributed by atoms with Gasteiger partial charge >= 0.3 is 0 Å². The zero-order valence-electron chi connectivity index (χ0n) is 18.8. The summed E-state index contributed by atoms with van der Waals surface area (Å²) in [5.41, 5.74) is 5.21. The number of hydrogen-bond acceptors (Lipinski definition) is 1. The van der Waals surface area contributed by atoms with Crippen LogP contribution >= 0.6 is 0 Å². The van der Waals surface area contributed by atoms with Gasteiger partial charge in [0.1, 0.15) is 5.75 Å². The molecule has 0 saturated carbocycles. The number of aryl methyl sites for hydroxylation is 1. The standard InChI is InChI=1S/C23H30O.C4H10/c1-5-9-18(2)16-20(4)23-17-21(13-12-19(23)3)14-15-24-22-10-7-6-8-11-22;1-3-4-2/h6-8,10-13,17-18H,4-5,9,14-16H2,1-3H3;3-4H2,1-2H3. The summed E-state index contributed by atoms with van der Waals surface area (Å²) in [5, 5.41) is 0. The van der Waals surface area contributed by atoms with Gasteiger partial charge in [-0.2, -0.15) is 0 Å². The lowest BCUT2D eigenvalue weighted by molar-refractivity contribution is 0.322. The number of ether oxygens (including phenoxy) is 1. The molecular formula is C27H40O. The highest BCUT2D eigenvalue weighted by Gasteiger charge is 2.09. The van der Waals surface area contributed by atoms with E-state index < -0.39 is 0 Å². The summed E-state index contributed by atoms with van der Waals surface area (Å²) in [4.78, 5) is 0. The molecule has 2 aromatic rings. The molecule has 28 heavy (non-hydrogen) atoms. The predicted octanol–water partition coefficient (Wildman–Crippen LogP) is 8.26. The van der Waals surface area contributed by atoms with Crippen LogP contribution in [0.1, 0.15) is 76.5 Å². The van der Waals surface area contributed by atoms with Crippen LogP contribution in [0, 0.1) is 12.8 Å². The fourth-order valence-corrected chi connectivity index (χ4v) is 3.13. The third-order valence-corrected chi connectivity index (χ3v) is 4.96. The molecule has 0 aliphatic rings. The summed E-state index contributed by atoms with van der Waals surface area (Å²) in [5.74, 6) is 1.63. The normalized spacial score (nSPS) is 11.3. The molecule has 154 valence electrons. The van der Waals surface area contributed by atoms with Gasteiger partial charge in [0, 0.05) is 6.42 Å². The van der Waals surface area contributed by atoms with Gasteiger partial charge in [0.2, 0.25) is 0 Å². The van der Waals surface area contributed by atoms with Crippen molar-refractivity contribution in [2.24, 2.45) is 5.92 Å². The average molecular weight is 381 g/mol. The van der Waals surface area contributed by atoms with Crippen LogP contribution in [0.15, 0.2) is 55.1 Å². The number of allylic oxidation sites excluding steroid dienone is 1. The van der Waals surface area contributed by atoms with Gasteiger partial charge in [-0.25, -0.2) is 0 Å². The van der Waals surface area contributed by atoms with Gasteiger partial charge in [-0.3, -0.25) is 0 Å². The van der Waals surface area contributed by atoms with Crippen LogP contribution in [0.2, 0.25) is 0 Å². The van der Waals surface area contributed by atoms with E-state index in [1.807, 2.05) is 30.3 Å². The first-order valence-corrected chi connectivity index (χ1v) is 11.0. The van der Waals surface area contributed by atoms with Crippen molar-refractivity contribution in [2.45, 2.75) is 73.1 Å². The maximum atomic E-state index is 5.81. The molecule has 0 aromatic heterocycles. The molecule has 0 fully saturated rings. The van der Waals surface area contributed by atoms with Gasteiger partial charge in [-0.05, 0) is 53.7 Å². The SMILES string of the molecule is C=C(CC(C)CCC)c1cc(CCOc2ccccc2)ccc1C.CCCC. The minimum atomic E-state index is 0.700. The summed E-state index contributed by atoms with van der Waals surface area (Å²) < 4.78 is 5.81. The smallest absolute Gasteiger partial charge is 0.119 e. The van der Waals surface area contributed by atoms with Crippen molar-refractivity contribution in [3.63, 3.8) is 0 Å². The lowest BCUT2D eigenvalue weighted by Gasteiger charge is -2.16. The second-order valence-electron chi connectivity index (χ2n) is 7.76. The first-order valence-electron chi connectivity index (χ1n) is 11.0. The van der Waals surface area contributed by atoms with Crippen LogP contribution in [0.5, 0.6) is 5.75 Å². The Hall–Kier alpha value is -2.02. The fourth-order valence-electron chi connectivity index (χ4n) is 3.13. The quantitative estimate of drug-likeness (QED) is 0.403. The fraction of sp³-hybridized carbons (Fsp3) is 0.481. The maximum absolute atomic E-state index is 5.81. The zero-order chi connectivity index (χ0) is 20.8. The van der Waals surface area contributed by atoms with Crippen LogP contribution < -0.4 is 4.74 Å². The molecule has 0 radical (unpaired) electrons. The molecule has 0 heterocycles. The Bertz CT molecular complexity index is 670. The Labute approximate surface area is 173 Å². The largest absolute Gasteiger partial charge is 0.493 e. The van der Waals surface area contributed by atoms with E-state index in [0.29, 0.717) is 12.5 Å². The van der Waals surface area contributed by atoms with Crippen molar-refractivity contribution >= 4 is 5.57 Å². The Kier molecular flexibility index (Phi) is 12.0. The number of benzene rings is 2. The van der Waals surface area contributed by atoms with Crippen molar-refractivity contribution < 1.29 is 4.74 Å². The second-order valence-corrected chi connectivity index (χ2v) is 7.76.